The molecule has 77 heavy (non-hydrogen) atoms. The summed E-state index contributed by atoms with van der Waals surface area (Å²) in [5.41, 5.74) is -3.37. The lowest BCUT2D eigenvalue weighted by atomic mass is 9.74. The first-order valence-corrected chi connectivity index (χ1v) is 27.3. The number of aliphatic hydroxyl groups excluding tert-OH is 2. The summed E-state index contributed by atoms with van der Waals surface area (Å²) < 4.78 is 49.8. The average molecular weight is 1090 g/mol. The van der Waals surface area contributed by atoms with Crippen LogP contribution in [0.25, 0.3) is 0 Å². The number of carboxylic acids is 1. The molecule has 0 radical (unpaired) electrons. The van der Waals surface area contributed by atoms with Gasteiger partial charge >= 0.3 is 17.9 Å². The standard InChI is InChI=1S/C55H88N4O18/c1-14-39-55(9,69)47(64)29(3)43(61)28(2)25-53(7,68)48(77-52-45(63)38(58(10)11)24-41(70-12)76-52)30(4)46(31(5)51(67)73-39)75-42-26-54(8,71-13)49(32(6)72-42)74-40(60)19-20-56-21-22-57-33-15-18-37-35(23-33)44(62)36(50(65)66)27-59(37)34-16-17-34/h15,18,23,28-32,34,36,38-39,41-42,45-49,52,56-57,63-64,68-69H,14,16-17,19-22,24-27H2,1-13H3,(H,65,66)/t28-,29+,30+,31-,32+,36?,38+,39-,41+,42?,45-,46+,47-,48-,49+,52?,53-,54-,55-/m1/s1. The van der Waals surface area contributed by atoms with Crippen molar-refractivity contribution in [1.82, 2.24) is 10.2 Å². The van der Waals surface area contributed by atoms with E-state index in [-0.39, 0.29) is 44.8 Å². The number of Topliss-reactive ketones (excluding diaryl/α,β-unsaturated/α-hetero) is 2. The molecule has 22 heteroatoms. The number of carbonyl (C=O) groups is 5. The number of nitrogens with zero attached hydrogens (tertiary/aromatic N) is 2. The number of carbonyl (C=O) groups excluding carboxylic acids is 4. The van der Waals surface area contributed by atoms with Gasteiger partial charge in [0, 0.05) is 100 Å². The van der Waals surface area contributed by atoms with Crippen molar-refractivity contribution < 1.29 is 87.4 Å². The zero-order valence-electron chi connectivity index (χ0n) is 47.3. The lowest BCUT2D eigenvalue weighted by molar-refractivity contribution is -0.340. The Bertz CT molecular complexity index is 2210. The van der Waals surface area contributed by atoms with Gasteiger partial charge in [-0.05, 0) is 92.6 Å². The number of hydrogen-bond donors (Lipinski definition) is 7. The number of cyclic esters (lactones) is 1. The second kappa shape index (κ2) is 25.7. The maximum atomic E-state index is 14.5. The Balaban J connectivity index is 1.16. The number of ether oxygens (including phenoxy) is 8. The van der Waals surface area contributed by atoms with Crippen molar-refractivity contribution in [3.05, 3.63) is 23.8 Å². The van der Waals surface area contributed by atoms with Crippen LogP contribution >= 0.6 is 0 Å². The minimum atomic E-state index is -2.07. The molecule has 7 N–H and O–H groups in total. The monoisotopic (exact) mass is 1090 g/mol. The molecule has 6 rings (SSSR count). The predicted octanol–water partition coefficient (Wildman–Crippen LogP) is 2.88. The third-order valence-electron chi connectivity index (χ3n) is 16.8. The Hall–Kier alpha value is -3.91. The number of aliphatic carboxylic acids is 1. The second-order valence-electron chi connectivity index (χ2n) is 23.1. The van der Waals surface area contributed by atoms with Crippen LogP contribution in [0.2, 0.25) is 0 Å². The first-order valence-electron chi connectivity index (χ1n) is 27.3. The summed E-state index contributed by atoms with van der Waals surface area (Å²) in [6.07, 6.45) is -9.73. The van der Waals surface area contributed by atoms with Gasteiger partial charge < -0.3 is 83.9 Å². The van der Waals surface area contributed by atoms with Crippen LogP contribution in [0.4, 0.5) is 11.4 Å². The number of carboxylic acid groups (broad SMARTS) is 1. The van der Waals surface area contributed by atoms with Gasteiger partial charge in [0.15, 0.2) is 30.8 Å². The molecule has 0 spiro atoms. The molecule has 3 unspecified atom stereocenters. The molecule has 22 nitrogen and oxygen atoms in total. The molecular formula is C55H88N4O18. The SMILES string of the molecule is CC[C@H]1OC(=O)[C@H](C)[C@@H](OC2C[C@@](C)(OC)[C@@H](OC(=O)CCNCCNc3ccc4c(c3)C(=O)C(C(=O)O)CN4C3CC3)[C@H](C)O2)[C@H](C)[C@@H](OC2O[C@H](OC)C[C@H](N(C)C)[C@H]2O)[C@](C)(O)C[C@@H](C)C(=O)[C@H](C)[C@@H](O)[C@]1(C)O. The number of esters is 2. The van der Waals surface area contributed by atoms with Crippen LogP contribution < -0.4 is 15.5 Å². The largest absolute Gasteiger partial charge is 0.481 e. The minimum absolute atomic E-state index is 0.00395. The second-order valence-corrected chi connectivity index (χ2v) is 23.1. The van der Waals surface area contributed by atoms with Gasteiger partial charge in [0.05, 0.1) is 42.4 Å². The molecule has 4 fully saturated rings. The van der Waals surface area contributed by atoms with Crippen molar-refractivity contribution >= 4 is 40.8 Å². The summed E-state index contributed by atoms with van der Waals surface area (Å²) >= 11 is 0. The fraction of sp³-hybridized carbons (Fsp3) is 0.800. The van der Waals surface area contributed by atoms with Crippen LogP contribution in [-0.4, -0.2) is 205 Å². The maximum absolute atomic E-state index is 14.5. The fourth-order valence-corrected chi connectivity index (χ4v) is 11.9. The third-order valence-corrected chi connectivity index (χ3v) is 16.8. The number of benzene rings is 1. The predicted molar refractivity (Wildman–Crippen MR) is 280 cm³/mol. The average Bonchev–Trinajstić information content (AvgIpc) is 4.23. The molecule has 19 atom stereocenters. The summed E-state index contributed by atoms with van der Waals surface area (Å²) in [6, 6.07) is 5.18. The van der Waals surface area contributed by atoms with Crippen molar-refractivity contribution in [2.24, 2.45) is 29.6 Å². The molecule has 1 aromatic rings. The Morgan fingerprint density at radius 3 is 2.19 bits per heavy atom. The van der Waals surface area contributed by atoms with E-state index in [9.17, 15) is 49.5 Å². The number of rotatable bonds is 18. The molecule has 4 heterocycles. The van der Waals surface area contributed by atoms with E-state index in [0.29, 0.717) is 30.8 Å². The summed E-state index contributed by atoms with van der Waals surface area (Å²) in [7, 11) is 6.52. The third kappa shape index (κ3) is 14.2. The van der Waals surface area contributed by atoms with Crippen molar-refractivity contribution in [1.29, 1.82) is 0 Å². The van der Waals surface area contributed by atoms with Gasteiger partial charge in [0.2, 0.25) is 0 Å². The molecule has 0 amide bonds. The zero-order valence-corrected chi connectivity index (χ0v) is 47.3. The molecule has 1 aromatic carbocycles. The number of hydrogen-bond acceptors (Lipinski definition) is 21. The van der Waals surface area contributed by atoms with E-state index >= 15 is 0 Å². The van der Waals surface area contributed by atoms with Crippen LogP contribution in [-0.2, 0) is 57.1 Å². The highest BCUT2D eigenvalue weighted by Gasteiger charge is 2.55. The topological polar surface area (TPSA) is 291 Å². The number of ketones is 2. The highest BCUT2D eigenvalue weighted by atomic mass is 16.8. The highest BCUT2D eigenvalue weighted by molar-refractivity contribution is 6.13. The van der Waals surface area contributed by atoms with Crippen LogP contribution in [0.3, 0.4) is 0 Å². The normalized spacial score (nSPS) is 39.6. The van der Waals surface area contributed by atoms with Crippen LogP contribution in [0.1, 0.15) is 118 Å². The molecule has 5 aliphatic rings. The Morgan fingerprint density at radius 1 is 0.896 bits per heavy atom. The molecule has 0 bridgehead atoms. The number of likely N-dealkylation sites (N-methyl/N-ethyl adjacent to an activating group) is 1. The lowest BCUT2D eigenvalue weighted by Crippen LogP contribution is -2.61. The first kappa shape index (κ1) is 62.3. The summed E-state index contributed by atoms with van der Waals surface area (Å²) in [4.78, 5) is 70.9. The minimum Gasteiger partial charge on any atom is -0.481 e. The van der Waals surface area contributed by atoms with Crippen molar-refractivity contribution in [2.45, 2.75) is 198 Å². The van der Waals surface area contributed by atoms with E-state index in [1.807, 2.05) is 21.9 Å². The lowest BCUT2D eigenvalue weighted by Gasteiger charge is -2.49. The molecule has 3 saturated heterocycles. The smallest absolute Gasteiger partial charge is 0.316 e. The number of methoxy groups -OCH3 is 2. The van der Waals surface area contributed by atoms with E-state index < -0.39 is 144 Å². The summed E-state index contributed by atoms with van der Waals surface area (Å²) in [5.74, 6) is -8.67. The number of fused-ring (bicyclic) bond motifs is 1. The van der Waals surface area contributed by atoms with Gasteiger partial charge in [-0.25, -0.2) is 0 Å². The molecule has 4 aliphatic heterocycles. The van der Waals surface area contributed by atoms with Crippen molar-refractivity contribution in [3.63, 3.8) is 0 Å². The van der Waals surface area contributed by atoms with Crippen molar-refractivity contribution in [2.75, 3.05) is 64.7 Å². The zero-order chi connectivity index (χ0) is 57.1. The van der Waals surface area contributed by atoms with E-state index in [1.54, 1.807) is 61.7 Å². The van der Waals surface area contributed by atoms with E-state index in [1.165, 1.54) is 35.0 Å². The number of aliphatic hydroxyl groups is 4. The molecule has 1 aliphatic carbocycles. The van der Waals surface area contributed by atoms with E-state index in [4.69, 9.17) is 37.9 Å². The van der Waals surface area contributed by atoms with E-state index in [0.717, 1.165) is 18.5 Å². The van der Waals surface area contributed by atoms with Gasteiger partial charge in [0.1, 0.15) is 35.1 Å². The van der Waals surface area contributed by atoms with Gasteiger partial charge in [0.25, 0.3) is 0 Å². The van der Waals surface area contributed by atoms with Gasteiger partial charge in [-0.2, -0.15) is 0 Å². The van der Waals surface area contributed by atoms with E-state index in [2.05, 4.69) is 10.6 Å². The Labute approximate surface area is 453 Å². The Kier molecular flexibility index (Phi) is 20.8. The molecule has 1 saturated carbocycles. The van der Waals surface area contributed by atoms with Crippen LogP contribution in [0.15, 0.2) is 18.2 Å². The quantitative estimate of drug-likeness (QED) is 0.0632. The maximum Gasteiger partial charge on any atom is 0.316 e. The molecular weight excluding hydrogens is 1000 g/mol. The Morgan fingerprint density at radius 2 is 1.58 bits per heavy atom. The van der Waals surface area contributed by atoms with Gasteiger partial charge in [-0.3, -0.25) is 24.0 Å². The van der Waals surface area contributed by atoms with Gasteiger partial charge in [-0.15, -0.1) is 0 Å². The first-order chi connectivity index (χ1) is 36.1. The van der Waals surface area contributed by atoms with Gasteiger partial charge in [-0.1, -0.05) is 27.7 Å². The van der Waals surface area contributed by atoms with Crippen LogP contribution in [0.5, 0.6) is 0 Å². The summed E-state index contributed by atoms with van der Waals surface area (Å²) in [5, 5.41) is 64.0. The fourth-order valence-electron chi connectivity index (χ4n) is 11.9. The number of anilines is 2. The highest BCUT2D eigenvalue weighted by Crippen LogP contribution is 2.43. The van der Waals surface area contributed by atoms with Crippen LogP contribution in [0, 0.1) is 29.6 Å². The van der Waals surface area contributed by atoms with Crippen molar-refractivity contribution in [3.8, 4) is 0 Å². The number of nitrogens with one attached hydrogen (secondary N) is 2. The summed E-state index contributed by atoms with van der Waals surface area (Å²) in [6.45, 7) is 15.6. The molecule has 0 aromatic heterocycles. The molecule has 436 valence electrons.